The van der Waals surface area contributed by atoms with Crippen molar-refractivity contribution in [2.45, 2.75) is 37.8 Å². The van der Waals surface area contributed by atoms with E-state index >= 15 is 0 Å². The second-order valence-electron chi connectivity index (χ2n) is 4.66. The van der Waals surface area contributed by atoms with Gasteiger partial charge >= 0.3 is 0 Å². The van der Waals surface area contributed by atoms with Gasteiger partial charge in [0.15, 0.2) is 0 Å². The lowest BCUT2D eigenvalue weighted by molar-refractivity contribution is -0.139. The second-order valence-corrected chi connectivity index (χ2v) is 4.66. The highest BCUT2D eigenvalue weighted by atomic mass is 16.7. The van der Waals surface area contributed by atoms with Crippen LogP contribution in [-0.4, -0.2) is 44.8 Å². The molecule has 15 heavy (non-hydrogen) atoms. The third-order valence-corrected chi connectivity index (χ3v) is 3.32. The minimum Gasteiger partial charge on any atom is -0.381 e. The highest BCUT2D eigenvalue weighted by Gasteiger charge is 2.27. The fraction of sp³-hybridized carbons (Fsp3) is 1.00. The Hall–Kier alpha value is -0.160. The van der Waals surface area contributed by atoms with Gasteiger partial charge in [-0.25, -0.2) is 0 Å². The average Bonchev–Trinajstić information content (AvgIpc) is 2.29. The van der Waals surface area contributed by atoms with Crippen LogP contribution in [0.5, 0.6) is 0 Å². The van der Waals surface area contributed by atoms with E-state index in [1.54, 1.807) is 0 Å². The van der Waals surface area contributed by atoms with Gasteiger partial charge in [0, 0.05) is 25.3 Å². The Balaban J connectivity index is 1.70. The van der Waals surface area contributed by atoms with Crippen LogP contribution in [0.25, 0.3) is 0 Å². The Kier molecular flexibility index (Phi) is 3.97. The number of rotatable bonds is 3. The molecule has 1 unspecified atom stereocenters. The van der Waals surface area contributed by atoms with E-state index in [1.165, 1.54) is 0 Å². The summed E-state index contributed by atoms with van der Waals surface area (Å²) in [6.07, 6.45) is 3.50. The molecular formula is C11H21NO3. The molecule has 2 aliphatic rings. The summed E-state index contributed by atoms with van der Waals surface area (Å²) < 4.78 is 16.0. The van der Waals surface area contributed by atoms with Gasteiger partial charge < -0.3 is 19.5 Å². The summed E-state index contributed by atoms with van der Waals surface area (Å²) in [6, 6.07) is 0. The van der Waals surface area contributed by atoms with Crippen molar-refractivity contribution in [2.75, 3.05) is 33.2 Å². The summed E-state index contributed by atoms with van der Waals surface area (Å²) in [5.41, 5.74) is 0.236. The average molecular weight is 215 g/mol. The van der Waals surface area contributed by atoms with Gasteiger partial charge in [-0.15, -0.1) is 0 Å². The predicted octanol–water partition coefficient (Wildman–Crippen LogP) is 0.908. The molecule has 0 saturated carbocycles. The quantitative estimate of drug-likeness (QED) is 0.759. The third-order valence-electron chi connectivity index (χ3n) is 3.32. The summed E-state index contributed by atoms with van der Waals surface area (Å²) in [5, 5.41) is 3.61. The van der Waals surface area contributed by atoms with Crippen molar-refractivity contribution < 1.29 is 14.2 Å². The number of hydrogen-bond acceptors (Lipinski definition) is 4. The fourth-order valence-electron chi connectivity index (χ4n) is 2.02. The molecule has 0 radical (unpaired) electrons. The molecular weight excluding hydrogens is 194 g/mol. The van der Waals surface area contributed by atoms with E-state index in [4.69, 9.17) is 14.2 Å². The molecule has 2 heterocycles. The molecule has 1 N–H and O–H groups in total. The van der Waals surface area contributed by atoms with Crippen molar-refractivity contribution in [3.05, 3.63) is 0 Å². The van der Waals surface area contributed by atoms with Crippen molar-refractivity contribution in [2.24, 2.45) is 0 Å². The number of nitrogens with one attached hydrogen (secondary N) is 1. The van der Waals surface area contributed by atoms with Crippen LogP contribution in [0.2, 0.25) is 0 Å². The monoisotopic (exact) mass is 215 g/mol. The summed E-state index contributed by atoms with van der Waals surface area (Å²) in [7, 11) is 0. The lowest BCUT2D eigenvalue weighted by Gasteiger charge is -2.36. The van der Waals surface area contributed by atoms with Crippen LogP contribution in [-0.2, 0) is 14.2 Å². The Morgan fingerprint density at radius 2 is 2.00 bits per heavy atom. The van der Waals surface area contributed by atoms with Crippen LogP contribution in [0.3, 0.4) is 0 Å². The molecule has 88 valence electrons. The van der Waals surface area contributed by atoms with Gasteiger partial charge in [-0.1, -0.05) is 0 Å². The van der Waals surface area contributed by atoms with E-state index in [9.17, 15) is 0 Å². The topological polar surface area (TPSA) is 39.7 Å². The molecule has 0 aromatic rings. The van der Waals surface area contributed by atoms with Gasteiger partial charge in [0.25, 0.3) is 0 Å². The van der Waals surface area contributed by atoms with Crippen LogP contribution >= 0.6 is 0 Å². The minimum atomic E-state index is 0.236. The zero-order valence-electron chi connectivity index (χ0n) is 9.46. The van der Waals surface area contributed by atoms with Gasteiger partial charge in [0.2, 0.25) is 0 Å². The summed E-state index contributed by atoms with van der Waals surface area (Å²) in [4.78, 5) is 0. The Bertz CT molecular complexity index is 186. The molecule has 0 bridgehead atoms. The first-order chi connectivity index (χ1) is 7.29. The second kappa shape index (κ2) is 5.25. The minimum absolute atomic E-state index is 0.236. The SMILES string of the molecule is CC1(NCC2CCOCO2)CCOCC1. The molecule has 2 saturated heterocycles. The highest BCUT2D eigenvalue weighted by Crippen LogP contribution is 2.20. The van der Waals surface area contributed by atoms with Gasteiger partial charge in [-0.05, 0) is 26.2 Å². The van der Waals surface area contributed by atoms with Crippen LogP contribution in [0, 0.1) is 0 Å². The summed E-state index contributed by atoms with van der Waals surface area (Å²) >= 11 is 0. The molecule has 0 aromatic heterocycles. The lowest BCUT2D eigenvalue weighted by atomic mass is 9.92. The first-order valence-electron chi connectivity index (χ1n) is 5.81. The maximum absolute atomic E-state index is 5.50. The standard InChI is InChI=1S/C11H21NO3/c1-11(3-6-13-7-4-11)12-8-10-2-5-14-9-15-10/h10,12H,2-9H2,1H3. The lowest BCUT2D eigenvalue weighted by Crippen LogP contribution is -2.50. The Morgan fingerprint density at radius 1 is 1.20 bits per heavy atom. The molecule has 1 atom stereocenters. The zero-order chi connectivity index (χ0) is 10.6. The maximum Gasteiger partial charge on any atom is 0.147 e. The summed E-state index contributed by atoms with van der Waals surface area (Å²) in [5.74, 6) is 0. The molecule has 0 aromatic carbocycles. The number of ether oxygens (including phenoxy) is 3. The largest absolute Gasteiger partial charge is 0.381 e. The van der Waals surface area contributed by atoms with E-state index in [2.05, 4.69) is 12.2 Å². The van der Waals surface area contributed by atoms with Crippen molar-refractivity contribution in [1.82, 2.24) is 5.32 Å². The fourth-order valence-corrected chi connectivity index (χ4v) is 2.02. The van der Waals surface area contributed by atoms with Crippen LogP contribution < -0.4 is 5.32 Å². The van der Waals surface area contributed by atoms with E-state index in [0.29, 0.717) is 12.9 Å². The first-order valence-corrected chi connectivity index (χ1v) is 5.81. The van der Waals surface area contributed by atoms with Crippen LogP contribution in [0.15, 0.2) is 0 Å². The normalized spacial score (nSPS) is 31.4. The Morgan fingerprint density at radius 3 is 2.67 bits per heavy atom. The van der Waals surface area contributed by atoms with Gasteiger partial charge in [0.05, 0.1) is 12.7 Å². The van der Waals surface area contributed by atoms with E-state index in [1.807, 2.05) is 0 Å². The van der Waals surface area contributed by atoms with Crippen molar-refractivity contribution in [3.63, 3.8) is 0 Å². The molecule has 2 rings (SSSR count). The Labute approximate surface area is 91.3 Å². The zero-order valence-corrected chi connectivity index (χ0v) is 9.46. The van der Waals surface area contributed by atoms with Crippen molar-refractivity contribution >= 4 is 0 Å². The third kappa shape index (κ3) is 3.41. The predicted molar refractivity (Wildman–Crippen MR) is 56.8 cm³/mol. The van der Waals surface area contributed by atoms with Crippen molar-refractivity contribution in [3.8, 4) is 0 Å². The molecule has 4 heteroatoms. The molecule has 4 nitrogen and oxygen atoms in total. The smallest absolute Gasteiger partial charge is 0.147 e. The molecule has 0 aliphatic carbocycles. The van der Waals surface area contributed by atoms with Crippen LogP contribution in [0.4, 0.5) is 0 Å². The van der Waals surface area contributed by atoms with E-state index in [0.717, 1.165) is 45.6 Å². The maximum atomic E-state index is 5.50. The van der Waals surface area contributed by atoms with Gasteiger partial charge in [-0.3, -0.25) is 0 Å². The molecule has 0 amide bonds. The highest BCUT2D eigenvalue weighted by molar-refractivity contribution is 4.86. The van der Waals surface area contributed by atoms with E-state index < -0.39 is 0 Å². The molecule has 2 aliphatic heterocycles. The molecule has 0 spiro atoms. The first kappa shape index (κ1) is 11.3. The van der Waals surface area contributed by atoms with Crippen LogP contribution in [0.1, 0.15) is 26.2 Å². The van der Waals surface area contributed by atoms with Crippen molar-refractivity contribution in [1.29, 1.82) is 0 Å². The van der Waals surface area contributed by atoms with Gasteiger partial charge in [0.1, 0.15) is 6.79 Å². The number of hydrogen-bond donors (Lipinski definition) is 1. The summed E-state index contributed by atoms with van der Waals surface area (Å²) in [6.45, 7) is 6.23. The van der Waals surface area contributed by atoms with E-state index in [-0.39, 0.29) is 5.54 Å². The van der Waals surface area contributed by atoms with Gasteiger partial charge in [-0.2, -0.15) is 0 Å². The molecule has 2 fully saturated rings.